The van der Waals surface area contributed by atoms with Crippen LogP contribution in [-0.4, -0.2) is 45.7 Å². The van der Waals surface area contributed by atoms with E-state index in [9.17, 15) is 9.59 Å². The lowest BCUT2D eigenvalue weighted by atomic mass is 9.94. The molecule has 5 nitrogen and oxygen atoms in total. The summed E-state index contributed by atoms with van der Waals surface area (Å²) in [6.07, 6.45) is 9.33. The van der Waals surface area contributed by atoms with E-state index in [1.54, 1.807) is 12.4 Å². The molecule has 2 fully saturated rings. The maximum Gasteiger partial charge on any atom is 0.227 e. The summed E-state index contributed by atoms with van der Waals surface area (Å²) in [4.78, 5) is 33.2. The molecule has 1 saturated carbocycles. The zero-order valence-electron chi connectivity index (χ0n) is 14.5. The van der Waals surface area contributed by atoms with Crippen LogP contribution in [0.5, 0.6) is 0 Å². The summed E-state index contributed by atoms with van der Waals surface area (Å²) >= 11 is 0. The molecule has 0 spiro atoms. The summed E-state index contributed by atoms with van der Waals surface area (Å²) in [5, 5.41) is 0. The Kier molecular flexibility index (Phi) is 5.48. The molecule has 0 aromatic carbocycles. The van der Waals surface area contributed by atoms with Crippen LogP contribution in [0.1, 0.15) is 51.0 Å². The molecule has 1 aromatic rings. The van der Waals surface area contributed by atoms with Gasteiger partial charge in [-0.25, -0.2) is 0 Å². The fourth-order valence-corrected chi connectivity index (χ4v) is 3.95. The Morgan fingerprint density at radius 2 is 1.96 bits per heavy atom. The summed E-state index contributed by atoms with van der Waals surface area (Å²) in [5.74, 6) is 0.373. The van der Waals surface area contributed by atoms with Crippen molar-refractivity contribution in [2.24, 2.45) is 5.92 Å². The zero-order valence-corrected chi connectivity index (χ0v) is 14.5. The van der Waals surface area contributed by atoms with E-state index >= 15 is 0 Å². The van der Waals surface area contributed by atoms with Crippen LogP contribution in [0.15, 0.2) is 24.5 Å². The molecule has 0 bridgehead atoms. The third-order valence-electron chi connectivity index (χ3n) is 5.37. The zero-order chi connectivity index (χ0) is 16.9. The summed E-state index contributed by atoms with van der Waals surface area (Å²) in [6, 6.07) is 4.26. The molecule has 24 heavy (non-hydrogen) atoms. The minimum absolute atomic E-state index is 0.0508. The standard InChI is InChI=1S/C19H27N3O2/c1-2-21(13-15-9-11-20-12-10-15)19(24)16-7-8-18(23)22(14-16)17-5-3-4-6-17/h9-12,16-17H,2-8,13-14H2,1H3/t16-/m1/s1. The maximum atomic E-state index is 13.0. The number of carbonyl (C=O) groups is 2. The van der Waals surface area contributed by atoms with Gasteiger partial charge in [-0.05, 0) is 43.9 Å². The second kappa shape index (κ2) is 7.77. The van der Waals surface area contributed by atoms with Gasteiger partial charge < -0.3 is 9.80 Å². The molecule has 2 amide bonds. The van der Waals surface area contributed by atoms with Crippen molar-refractivity contribution in [2.45, 2.75) is 58.0 Å². The van der Waals surface area contributed by atoms with E-state index in [4.69, 9.17) is 0 Å². The van der Waals surface area contributed by atoms with Crippen molar-refractivity contribution in [1.82, 2.24) is 14.8 Å². The fraction of sp³-hybridized carbons (Fsp3) is 0.632. The molecule has 5 heteroatoms. The third kappa shape index (κ3) is 3.77. The molecule has 1 aromatic heterocycles. The number of hydrogen-bond acceptors (Lipinski definition) is 3. The van der Waals surface area contributed by atoms with Crippen LogP contribution in [0.4, 0.5) is 0 Å². The van der Waals surface area contributed by atoms with Gasteiger partial charge in [0.25, 0.3) is 0 Å². The summed E-state index contributed by atoms with van der Waals surface area (Å²) in [6.45, 7) is 3.93. The van der Waals surface area contributed by atoms with Gasteiger partial charge in [-0.3, -0.25) is 14.6 Å². The Labute approximate surface area is 144 Å². The van der Waals surface area contributed by atoms with E-state index in [1.165, 1.54) is 12.8 Å². The van der Waals surface area contributed by atoms with Crippen molar-refractivity contribution < 1.29 is 9.59 Å². The van der Waals surface area contributed by atoms with Crippen LogP contribution in [0.2, 0.25) is 0 Å². The van der Waals surface area contributed by atoms with Crippen LogP contribution >= 0.6 is 0 Å². The summed E-state index contributed by atoms with van der Waals surface area (Å²) < 4.78 is 0. The van der Waals surface area contributed by atoms with Gasteiger partial charge >= 0.3 is 0 Å². The topological polar surface area (TPSA) is 53.5 Å². The van der Waals surface area contributed by atoms with Crippen LogP contribution in [0.25, 0.3) is 0 Å². The van der Waals surface area contributed by atoms with E-state index < -0.39 is 0 Å². The van der Waals surface area contributed by atoms with E-state index in [2.05, 4.69) is 4.98 Å². The van der Waals surface area contributed by atoms with Gasteiger partial charge in [0.05, 0.1) is 5.92 Å². The Balaban J connectivity index is 1.65. The lowest BCUT2D eigenvalue weighted by Gasteiger charge is -2.38. The molecule has 0 radical (unpaired) electrons. The smallest absolute Gasteiger partial charge is 0.227 e. The molecule has 0 N–H and O–H groups in total. The Hall–Kier alpha value is -1.91. The number of pyridine rings is 1. The van der Waals surface area contributed by atoms with Gasteiger partial charge in [-0.1, -0.05) is 12.8 Å². The monoisotopic (exact) mass is 329 g/mol. The number of likely N-dealkylation sites (tertiary alicyclic amines) is 1. The lowest BCUT2D eigenvalue weighted by molar-refractivity contribution is -0.145. The van der Waals surface area contributed by atoms with Crippen molar-refractivity contribution >= 4 is 11.8 Å². The predicted octanol–water partition coefficient (Wildman–Crippen LogP) is 2.61. The molecule has 2 heterocycles. The number of rotatable bonds is 5. The molecule has 3 rings (SSSR count). The van der Waals surface area contributed by atoms with Crippen molar-refractivity contribution in [2.75, 3.05) is 13.1 Å². The summed E-state index contributed by atoms with van der Waals surface area (Å²) in [5.41, 5.74) is 1.10. The molecule has 130 valence electrons. The number of nitrogens with zero attached hydrogens (tertiary/aromatic N) is 3. The van der Waals surface area contributed by atoms with E-state index in [1.807, 2.05) is 28.9 Å². The molecule has 2 aliphatic rings. The first-order chi connectivity index (χ1) is 11.7. The van der Waals surface area contributed by atoms with Gasteiger partial charge in [-0.2, -0.15) is 0 Å². The average molecular weight is 329 g/mol. The van der Waals surface area contributed by atoms with E-state index in [-0.39, 0.29) is 17.7 Å². The minimum Gasteiger partial charge on any atom is -0.339 e. The van der Waals surface area contributed by atoms with Crippen molar-refractivity contribution in [3.8, 4) is 0 Å². The molecule has 1 aliphatic carbocycles. The highest BCUT2D eigenvalue weighted by molar-refractivity contribution is 5.84. The quantitative estimate of drug-likeness (QED) is 0.834. The van der Waals surface area contributed by atoms with Crippen molar-refractivity contribution in [1.29, 1.82) is 0 Å². The van der Waals surface area contributed by atoms with Gasteiger partial charge in [0.2, 0.25) is 11.8 Å². The van der Waals surface area contributed by atoms with Crippen LogP contribution in [-0.2, 0) is 16.1 Å². The number of hydrogen-bond donors (Lipinski definition) is 0. The summed E-state index contributed by atoms with van der Waals surface area (Å²) in [7, 11) is 0. The fourth-order valence-electron chi connectivity index (χ4n) is 3.95. The van der Waals surface area contributed by atoms with Crippen LogP contribution < -0.4 is 0 Å². The Morgan fingerprint density at radius 1 is 1.25 bits per heavy atom. The Bertz CT molecular complexity index is 569. The SMILES string of the molecule is CCN(Cc1ccncc1)C(=O)[C@@H]1CCC(=O)N(C2CCCC2)C1. The number of carbonyl (C=O) groups excluding carboxylic acids is 2. The molecular weight excluding hydrogens is 302 g/mol. The maximum absolute atomic E-state index is 13.0. The first-order valence-corrected chi connectivity index (χ1v) is 9.16. The van der Waals surface area contributed by atoms with Gasteiger partial charge in [0, 0.05) is 44.5 Å². The third-order valence-corrected chi connectivity index (χ3v) is 5.37. The highest BCUT2D eigenvalue weighted by Gasteiger charge is 2.36. The average Bonchev–Trinajstić information content (AvgIpc) is 3.15. The van der Waals surface area contributed by atoms with Gasteiger partial charge in [0.15, 0.2) is 0 Å². The highest BCUT2D eigenvalue weighted by atomic mass is 16.2. The van der Waals surface area contributed by atoms with Crippen LogP contribution in [0.3, 0.4) is 0 Å². The lowest BCUT2D eigenvalue weighted by Crippen LogP contribution is -2.50. The molecular formula is C19H27N3O2. The highest BCUT2D eigenvalue weighted by Crippen LogP contribution is 2.29. The molecule has 1 atom stereocenters. The van der Waals surface area contributed by atoms with Crippen molar-refractivity contribution in [3.05, 3.63) is 30.1 Å². The normalized spacial score (nSPS) is 22.0. The number of aromatic nitrogens is 1. The molecule has 0 unspecified atom stereocenters. The largest absolute Gasteiger partial charge is 0.339 e. The number of amides is 2. The van der Waals surface area contributed by atoms with E-state index in [0.29, 0.717) is 38.5 Å². The number of piperidine rings is 1. The van der Waals surface area contributed by atoms with Gasteiger partial charge in [0.1, 0.15) is 0 Å². The second-order valence-corrected chi connectivity index (χ2v) is 6.93. The second-order valence-electron chi connectivity index (χ2n) is 6.93. The first kappa shape index (κ1) is 16.9. The predicted molar refractivity (Wildman–Crippen MR) is 92.0 cm³/mol. The first-order valence-electron chi connectivity index (χ1n) is 9.16. The van der Waals surface area contributed by atoms with Gasteiger partial charge in [-0.15, -0.1) is 0 Å². The van der Waals surface area contributed by atoms with E-state index in [0.717, 1.165) is 18.4 Å². The van der Waals surface area contributed by atoms with Crippen LogP contribution in [0, 0.1) is 5.92 Å². The van der Waals surface area contributed by atoms with Crippen molar-refractivity contribution in [3.63, 3.8) is 0 Å². The molecule has 1 aliphatic heterocycles. The minimum atomic E-state index is -0.0508. The molecule has 1 saturated heterocycles. The Morgan fingerprint density at radius 3 is 2.62 bits per heavy atom.